The summed E-state index contributed by atoms with van der Waals surface area (Å²) in [6, 6.07) is 7.38. The molecule has 0 aliphatic rings. The summed E-state index contributed by atoms with van der Waals surface area (Å²) in [5.74, 6) is -1.28. The lowest BCUT2D eigenvalue weighted by Crippen LogP contribution is -2.29. The average Bonchev–Trinajstić information content (AvgIpc) is 2.28. The normalized spacial score (nSPS) is 10.9. The maximum atomic E-state index is 11.8. The van der Waals surface area contributed by atoms with Gasteiger partial charge in [-0.2, -0.15) is 0 Å². The molecule has 1 amide bonds. The van der Waals surface area contributed by atoms with Crippen LogP contribution in [0.2, 0.25) is 0 Å². The summed E-state index contributed by atoms with van der Waals surface area (Å²) >= 11 is 0. The fourth-order valence-electron chi connectivity index (χ4n) is 1.54. The van der Waals surface area contributed by atoms with Crippen molar-refractivity contribution in [3.63, 3.8) is 0 Å². The van der Waals surface area contributed by atoms with Crippen molar-refractivity contribution in [2.75, 3.05) is 24.3 Å². The van der Waals surface area contributed by atoms with Gasteiger partial charge in [-0.15, -0.1) is 0 Å². The molecule has 0 atom stereocenters. The van der Waals surface area contributed by atoms with Crippen molar-refractivity contribution in [1.29, 1.82) is 0 Å². The first-order valence-electron chi connectivity index (χ1n) is 6.03. The fraction of sp³-hybridized carbons (Fsp3) is 0.429. The Kier molecular flexibility index (Phi) is 4.53. The van der Waals surface area contributed by atoms with E-state index in [0.717, 1.165) is 5.69 Å². The Morgan fingerprint density at radius 3 is 2.47 bits per heavy atom. The Balaban J connectivity index is 2.72. The highest BCUT2D eigenvalue weighted by molar-refractivity contribution is 5.94. The van der Waals surface area contributed by atoms with Crippen molar-refractivity contribution in [3.8, 4) is 0 Å². The van der Waals surface area contributed by atoms with Crippen molar-refractivity contribution in [1.82, 2.24) is 0 Å². The van der Waals surface area contributed by atoms with E-state index >= 15 is 0 Å². The third kappa shape index (κ3) is 4.28. The Labute approximate surface area is 113 Å². The number of hydrogen-bond donors (Lipinski definition) is 2. The van der Waals surface area contributed by atoms with E-state index in [0.29, 0.717) is 5.69 Å². The number of carbonyl (C=O) groups excluding carboxylic acids is 1. The summed E-state index contributed by atoms with van der Waals surface area (Å²) in [5.41, 5.74) is 0.566. The van der Waals surface area contributed by atoms with Crippen LogP contribution in [0.25, 0.3) is 0 Å². The lowest BCUT2D eigenvalue weighted by Gasteiger charge is -2.19. The molecule has 104 valence electrons. The van der Waals surface area contributed by atoms with Crippen LogP contribution in [0.15, 0.2) is 24.3 Å². The largest absolute Gasteiger partial charge is 0.481 e. The van der Waals surface area contributed by atoms with E-state index < -0.39 is 11.4 Å². The molecule has 0 aliphatic carbocycles. The second-order valence-electron chi connectivity index (χ2n) is 5.36. The Morgan fingerprint density at radius 2 is 1.95 bits per heavy atom. The standard InChI is InChI=1S/C14H20N2O3/c1-14(2,13(18)19)9-12(17)15-10-6-5-7-11(8-10)16(3)4/h5-8H,9H2,1-4H3,(H,15,17)(H,18,19). The van der Waals surface area contributed by atoms with Crippen LogP contribution < -0.4 is 10.2 Å². The van der Waals surface area contributed by atoms with Gasteiger partial charge in [0.05, 0.1) is 5.41 Å². The minimum Gasteiger partial charge on any atom is -0.481 e. The minimum absolute atomic E-state index is 0.0610. The molecule has 1 aromatic rings. The summed E-state index contributed by atoms with van der Waals surface area (Å²) in [6.07, 6.45) is -0.0610. The van der Waals surface area contributed by atoms with Crippen LogP contribution >= 0.6 is 0 Å². The number of amides is 1. The number of benzene rings is 1. The van der Waals surface area contributed by atoms with Crippen molar-refractivity contribution in [2.45, 2.75) is 20.3 Å². The Morgan fingerprint density at radius 1 is 1.32 bits per heavy atom. The Bertz CT molecular complexity index is 481. The molecule has 19 heavy (non-hydrogen) atoms. The van der Waals surface area contributed by atoms with Crippen molar-refractivity contribution in [3.05, 3.63) is 24.3 Å². The second kappa shape index (κ2) is 5.73. The van der Waals surface area contributed by atoms with Gasteiger partial charge in [-0.3, -0.25) is 9.59 Å². The van der Waals surface area contributed by atoms with Gasteiger partial charge >= 0.3 is 5.97 Å². The van der Waals surface area contributed by atoms with Gasteiger partial charge < -0.3 is 15.3 Å². The average molecular weight is 264 g/mol. The third-order valence-electron chi connectivity index (χ3n) is 2.83. The number of hydrogen-bond acceptors (Lipinski definition) is 3. The van der Waals surface area contributed by atoms with Crippen molar-refractivity contribution >= 4 is 23.3 Å². The first-order valence-corrected chi connectivity index (χ1v) is 6.03. The molecule has 0 saturated heterocycles. The van der Waals surface area contributed by atoms with Crippen LogP contribution in [0.5, 0.6) is 0 Å². The zero-order chi connectivity index (χ0) is 14.6. The summed E-state index contributed by atoms with van der Waals surface area (Å²) in [7, 11) is 3.82. The first-order chi connectivity index (χ1) is 8.72. The molecule has 1 aromatic carbocycles. The molecule has 2 N–H and O–H groups in total. The van der Waals surface area contributed by atoms with E-state index in [2.05, 4.69) is 5.32 Å². The number of anilines is 2. The lowest BCUT2D eigenvalue weighted by molar-refractivity contribution is -0.148. The molecule has 0 fully saturated rings. The summed E-state index contributed by atoms with van der Waals surface area (Å²) in [6.45, 7) is 3.07. The summed E-state index contributed by atoms with van der Waals surface area (Å²) in [4.78, 5) is 24.7. The maximum absolute atomic E-state index is 11.8. The molecule has 0 heterocycles. The molecule has 0 aliphatic heterocycles. The molecule has 1 rings (SSSR count). The zero-order valence-electron chi connectivity index (χ0n) is 11.7. The summed E-state index contributed by atoms with van der Waals surface area (Å²) in [5, 5.41) is 11.7. The molecule has 0 aromatic heterocycles. The van der Waals surface area contributed by atoms with Gasteiger partial charge in [0.25, 0.3) is 0 Å². The molecule has 0 saturated carbocycles. The number of nitrogens with one attached hydrogen (secondary N) is 1. The van der Waals surface area contributed by atoms with Gasteiger partial charge in [0.2, 0.25) is 5.91 Å². The third-order valence-corrected chi connectivity index (χ3v) is 2.83. The number of aliphatic carboxylic acids is 1. The second-order valence-corrected chi connectivity index (χ2v) is 5.36. The maximum Gasteiger partial charge on any atom is 0.309 e. The van der Waals surface area contributed by atoms with Gasteiger partial charge in [0.15, 0.2) is 0 Å². The van der Waals surface area contributed by atoms with E-state index in [9.17, 15) is 9.59 Å². The molecule has 0 spiro atoms. The van der Waals surface area contributed by atoms with Crippen molar-refractivity contribution in [2.24, 2.45) is 5.41 Å². The van der Waals surface area contributed by atoms with Crippen LogP contribution in [-0.2, 0) is 9.59 Å². The highest BCUT2D eigenvalue weighted by atomic mass is 16.4. The van der Waals surface area contributed by atoms with Crippen LogP contribution in [-0.4, -0.2) is 31.1 Å². The van der Waals surface area contributed by atoms with Crippen molar-refractivity contribution < 1.29 is 14.7 Å². The fourth-order valence-corrected chi connectivity index (χ4v) is 1.54. The van der Waals surface area contributed by atoms with Crippen LogP contribution in [0.1, 0.15) is 20.3 Å². The molecular weight excluding hydrogens is 244 g/mol. The van der Waals surface area contributed by atoms with E-state index in [-0.39, 0.29) is 12.3 Å². The topological polar surface area (TPSA) is 69.6 Å². The highest BCUT2D eigenvalue weighted by Crippen LogP contribution is 2.22. The number of carbonyl (C=O) groups is 2. The van der Waals surface area contributed by atoms with E-state index in [4.69, 9.17) is 5.11 Å². The smallest absolute Gasteiger partial charge is 0.309 e. The van der Waals surface area contributed by atoms with E-state index in [1.54, 1.807) is 6.07 Å². The van der Waals surface area contributed by atoms with Gasteiger partial charge in [-0.05, 0) is 32.0 Å². The zero-order valence-corrected chi connectivity index (χ0v) is 11.7. The number of carboxylic acids is 1. The molecule has 0 unspecified atom stereocenters. The molecular formula is C14H20N2O3. The first kappa shape index (κ1) is 15.0. The SMILES string of the molecule is CN(C)c1cccc(NC(=O)CC(C)(C)C(=O)O)c1. The summed E-state index contributed by atoms with van der Waals surface area (Å²) < 4.78 is 0. The predicted octanol–water partition coefficient (Wildman–Crippen LogP) is 2.19. The predicted molar refractivity (Wildman–Crippen MR) is 75.4 cm³/mol. The van der Waals surface area contributed by atoms with E-state index in [1.807, 2.05) is 37.2 Å². The van der Waals surface area contributed by atoms with Gasteiger partial charge in [0, 0.05) is 31.9 Å². The van der Waals surface area contributed by atoms with Crippen LogP contribution in [0.4, 0.5) is 11.4 Å². The van der Waals surface area contributed by atoms with Crippen LogP contribution in [0.3, 0.4) is 0 Å². The molecule has 0 radical (unpaired) electrons. The number of rotatable bonds is 5. The highest BCUT2D eigenvalue weighted by Gasteiger charge is 2.30. The quantitative estimate of drug-likeness (QED) is 0.855. The number of carboxylic acid groups (broad SMARTS) is 1. The lowest BCUT2D eigenvalue weighted by atomic mass is 9.89. The molecule has 5 heteroatoms. The van der Waals surface area contributed by atoms with Gasteiger partial charge in [0.1, 0.15) is 0 Å². The minimum atomic E-state index is -1.07. The molecule has 0 bridgehead atoms. The van der Waals surface area contributed by atoms with E-state index in [1.165, 1.54) is 13.8 Å². The van der Waals surface area contributed by atoms with Gasteiger partial charge in [-0.1, -0.05) is 6.07 Å². The van der Waals surface area contributed by atoms with Gasteiger partial charge in [-0.25, -0.2) is 0 Å². The number of nitrogens with zero attached hydrogens (tertiary/aromatic N) is 1. The van der Waals surface area contributed by atoms with Crippen LogP contribution in [0, 0.1) is 5.41 Å². The monoisotopic (exact) mass is 264 g/mol. The molecule has 5 nitrogen and oxygen atoms in total. The Hall–Kier alpha value is -2.04.